The maximum absolute atomic E-state index is 4.16. The van der Waals surface area contributed by atoms with Gasteiger partial charge in [0.2, 0.25) is 0 Å². The van der Waals surface area contributed by atoms with E-state index >= 15 is 0 Å². The largest absolute Gasteiger partial charge is 2.00 e. The number of hydrogen-bond acceptors (Lipinski definition) is 1. The average Bonchev–Trinajstić information content (AvgIpc) is 3.91. The van der Waals surface area contributed by atoms with Gasteiger partial charge in [-0.15, -0.1) is 16.4 Å². The standard InChI is InChI=1S/C69H68BN3.Os/c1-39-20-19-21-40(2)63(39)73-56-33-42(66(6,7)8)24-28-47(56)48-36-54-59(38-57(48)73)71(44-27-29-46-45-22-17-18-23-50(45)69(15,16)51(46)35-44)60-37-52(68(12,13)14)61-49-32-41(65(3,4)5)26-31-55(49)72-58-34-43(67(9,10)11)25-30-53(58)70(54)62(60)64(61)72;/h17-30,32-33,35-38H,1-16H3;/q-2;+2. The van der Waals surface area contributed by atoms with Crippen molar-refractivity contribution in [2.75, 3.05) is 4.90 Å². The Morgan fingerprint density at radius 1 is 0.541 bits per heavy atom. The van der Waals surface area contributed by atoms with Crippen molar-refractivity contribution in [2.24, 2.45) is 0 Å². The van der Waals surface area contributed by atoms with Crippen molar-refractivity contribution in [1.29, 1.82) is 0 Å². The van der Waals surface area contributed by atoms with Crippen LogP contribution in [-0.2, 0) is 46.9 Å². The summed E-state index contributed by atoms with van der Waals surface area (Å²) in [5, 5.41) is 5.16. The molecule has 5 heteroatoms. The molecule has 1 aliphatic carbocycles. The summed E-state index contributed by atoms with van der Waals surface area (Å²) < 4.78 is 5.18. The fraction of sp³-hybridized carbons (Fsp3) is 0.304. The van der Waals surface area contributed by atoms with Crippen LogP contribution in [-0.4, -0.2) is 15.8 Å². The van der Waals surface area contributed by atoms with Gasteiger partial charge in [0.25, 0.3) is 0 Å². The van der Waals surface area contributed by atoms with Crippen LogP contribution in [0.5, 0.6) is 0 Å². The van der Waals surface area contributed by atoms with Crippen molar-refractivity contribution < 1.29 is 19.8 Å². The van der Waals surface area contributed by atoms with Crippen LogP contribution in [0.25, 0.3) is 66.1 Å². The quantitative estimate of drug-likeness (QED) is 0.124. The first-order valence-electron chi connectivity index (χ1n) is 26.7. The summed E-state index contributed by atoms with van der Waals surface area (Å²) in [5.74, 6) is 0. The summed E-state index contributed by atoms with van der Waals surface area (Å²) in [5.41, 5.74) is 27.5. The first-order valence-corrected chi connectivity index (χ1v) is 26.7. The van der Waals surface area contributed by atoms with Crippen LogP contribution in [0, 0.1) is 26.0 Å². The number of aryl methyl sites for hydroxylation is 2. The monoisotopic (exact) mass is 1140 g/mol. The Kier molecular flexibility index (Phi) is 10.4. The van der Waals surface area contributed by atoms with Crippen molar-refractivity contribution in [3.05, 3.63) is 178 Å². The summed E-state index contributed by atoms with van der Waals surface area (Å²) in [4.78, 5) is 2.67. The second-order valence-corrected chi connectivity index (χ2v) is 26.6. The molecule has 13 rings (SSSR count). The number of anilines is 3. The first-order chi connectivity index (χ1) is 34.3. The molecule has 2 aliphatic heterocycles. The molecule has 0 bridgehead atoms. The number of nitrogens with zero attached hydrogens (tertiary/aromatic N) is 3. The average molecular weight is 1140 g/mol. The minimum atomic E-state index is -0.199. The van der Waals surface area contributed by atoms with E-state index in [1.54, 1.807) is 0 Å². The van der Waals surface area contributed by atoms with Crippen LogP contribution >= 0.6 is 0 Å². The second kappa shape index (κ2) is 15.7. The molecule has 2 aromatic heterocycles. The molecule has 0 spiro atoms. The van der Waals surface area contributed by atoms with Crippen LogP contribution in [0.15, 0.2) is 121 Å². The zero-order chi connectivity index (χ0) is 51.4. The third kappa shape index (κ3) is 6.73. The van der Waals surface area contributed by atoms with E-state index in [2.05, 4.69) is 258 Å². The molecule has 3 aliphatic rings. The molecule has 0 amide bonds. The summed E-state index contributed by atoms with van der Waals surface area (Å²) >= 11 is 0. The molecule has 370 valence electrons. The van der Waals surface area contributed by atoms with Gasteiger partial charge in [-0.2, -0.15) is 42.0 Å². The van der Waals surface area contributed by atoms with Gasteiger partial charge in [-0.3, -0.25) is 0 Å². The van der Waals surface area contributed by atoms with Gasteiger partial charge in [-0.05, 0) is 116 Å². The zero-order valence-electron chi connectivity index (χ0n) is 46.3. The van der Waals surface area contributed by atoms with Crippen LogP contribution in [0.3, 0.4) is 0 Å². The summed E-state index contributed by atoms with van der Waals surface area (Å²) in [7, 11) is 0. The Morgan fingerprint density at radius 3 is 1.92 bits per heavy atom. The fourth-order valence-corrected chi connectivity index (χ4v) is 13.3. The van der Waals surface area contributed by atoms with Crippen molar-refractivity contribution in [3.63, 3.8) is 0 Å². The molecule has 0 saturated carbocycles. The molecule has 0 radical (unpaired) electrons. The van der Waals surface area contributed by atoms with E-state index < -0.39 is 0 Å². The number of rotatable bonds is 2. The van der Waals surface area contributed by atoms with Gasteiger partial charge in [-0.1, -0.05) is 186 Å². The van der Waals surface area contributed by atoms with Gasteiger partial charge >= 0.3 is 19.8 Å². The van der Waals surface area contributed by atoms with E-state index in [9.17, 15) is 0 Å². The van der Waals surface area contributed by atoms with E-state index in [-0.39, 0.29) is 53.6 Å². The smallest absolute Gasteiger partial charge is 0.359 e. The number of benzene rings is 8. The van der Waals surface area contributed by atoms with Gasteiger partial charge in [0.05, 0.1) is 16.7 Å². The van der Waals surface area contributed by atoms with Gasteiger partial charge in [0.15, 0.2) is 6.71 Å². The number of para-hydroxylation sites is 1. The number of fused-ring (bicyclic) bond motifs is 14. The van der Waals surface area contributed by atoms with Gasteiger partial charge in [0, 0.05) is 38.8 Å². The molecule has 3 nitrogen and oxygen atoms in total. The van der Waals surface area contributed by atoms with Crippen LogP contribution in [0.2, 0.25) is 0 Å². The molecule has 74 heavy (non-hydrogen) atoms. The van der Waals surface area contributed by atoms with Crippen molar-refractivity contribution in [2.45, 2.75) is 138 Å². The van der Waals surface area contributed by atoms with Crippen molar-refractivity contribution in [1.82, 2.24) is 9.13 Å². The third-order valence-electron chi connectivity index (χ3n) is 17.3. The van der Waals surface area contributed by atoms with Gasteiger partial charge in [-0.25, -0.2) is 0 Å². The maximum Gasteiger partial charge on any atom is 2.00 e. The molecule has 0 atom stereocenters. The number of hydrogen-bond donors (Lipinski definition) is 0. The molecule has 10 aromatic rings. The van der Waals surface area contributed by atoms with E-state index in [0.29, 0.717) is 0 Å². The minimum Gasteiger partial charge on any atom is -0.359 e. The Labute approximate surface area is 453 Å². The predicted molar refractivity (Wildman–Crippen MR) is 314 cm³/mol. The minimum absolute atomic E-state index is 0. The molecule has 4 heterocycles. The molecule has 0 fully saturated rings. The second-order valence-electron chi connectivity index (χ2n) is 26.6. The van der Waals surface area contributed by atoms with Gasteiger partial charge in [0.1, 0.15) is 0 Å². The Morgan fingerprint density at radius 2 is 1.23 bits per heavy atom. The maximum atomic E-state index is 4.16. The molecular formula is C69H68BN3Os. The fourth-order valence-electron chi connectivity index (χ4n) is 13.3. The zero-order valence-corrected chi connectivity index (χ0v) is 48.9. The van der Waals surface area contributed by atoms with Crippen LogP contribution in [0.4, 0.5) is 17.1 Å². The number of aromatic nitrogens is 2. The summed E-state index contributed by atoms with van der Waals surface area (Å²) in [6, 6.07) is 55.9. The third-order valence-corrected chi connectivity index (χ3v) is 17.3. The van der Waals surface area contributed by atoms with Crippen molar-refractivity contribution in [3.8, 4) is 22.5 Å². The Hall–Kier alpha value is -6.14. The van der Waals surface area contributed by atoms with E-state index in [4.69, 9.17) is 0 Å². The van der Waals surface area contributed by atoms with Crippen molar-refractivity contribution >= 4 is 83.8 Å². The molecule has 0 N–H and O–H groups in total. The molecular weight excluding hydrogens is 1070 g/mol. The molecule has 8 aromatic carbocycles. The van der Waals surface area contributed by atoms with Crippen LogP contribution in [0.1, 0.15) is 141 Å². The first kappa shape index (κ1) is 48.8. The topological polar surface area (TPSA) is 13.1 Å². The SMILES string of the molecule is Cc1cccc(C)c1-n1c2cc(C(C)(C)C)ccc2c2cc3c(cc21)N(c1ccc2c(c1)C(C)(C)c1ccccc1-2)c1cc(C(C)(C)C)c2c4cc(C(C)(C)C)c[c-]c4n4c2c1B3c1ccc(C(C)(C)C)[c-]c1-4.[Os+2]. The molecule has 0 saturated heterocycles. The van der Waals surface area contributed by atoms with E-state index in [0.717, 1.165) is 11.2 Å². The van der Waals surface area contributed by atoms with Gasteiger partial charge < -0.3 is 14.0 Å². The normalized spacial score (nSPS) is 14.7. The Bertz CT molecular complexity index is 4050. The summed E-state index contributed by atoms with van der Waals surface area (Å²) in [6.07, 6.45) is 0. The predicted octanol–water partition coefficient (Wildman–Crippen LogP) is 16.2. The van der Waals surface area contributed by atoms with E-state index in [1.807, 2.05) is 0 Å². The Balaban J connectivity index is 0.00000556. The van der Waals surface area contributed by atoms with Crippen LogP contribution < -0.4 is 21.3 Å². The molecule has 0 unspecified atom stereocenters. The summed E-state index contributed by atoms with van der Waals surface area (Å²) in [6.45, 7) is 37.5. The van der Waals surface area contributed by atoms with E-state index in [1.165, 1.54) is 133 Å².